The van der Waals surface area contributed by atoms with Crippen molar-refractivity contribution in [3.63, 3.8) is 0 Å². The molecule has 0 unspecified atom stereocenters. The Morgan fingerprint density at radius 1 is 1.00 bits per heavy atom. The van der Waals surface area contributed by atoms with Crippen LogP contribution >= 0.6 is 0 Å². The largest absolute Gasteiger partial charge is 0.383 e. The number of nitrogens with one attached hydrogen (secondary N) is 4. The zero-order chi connectivity index (χ0) is 23.6. The topological polar surface area (TPSA) is 103 Å². The van der Waals surface area contributed by atoms with Crippen LogP contribution in [0.4, 0.5) is 17.6 Å². The van der Waals surface area contributed by atoms with Gasteiger partial charge in [-0.2, -0.15) is 9.97 Å². The fourth-order valence-corrected chi connectivity index (χ4v) is 5.84. The van der Waals surface area contributed by atoms with E-state index in [2.05, 4.69) is 38.1 Å². The molecule has 0 spiro atoms. The lowest BCUT2D eigenvalue weighted by Crippen LogP contribution is -2.49. The van der Waals surface area contributed by atoms with Crippen LogP contribution in [0.15, 0.2) is 6.07 Å². The molecule has 2 aliphatic carbocycles. The van der Waals surface area contributed by atoms with E-state index in [1.807, 2.05) is 6.07 Å². The van der Waals surface area contributed by atoms with E-state index in [0.29, 0.717) is 23.7 Å². The Labute approximate surface area is 206 Å². The Balaban J connectivity index is 1.09. The van der Waals surface area contributed by atoms with Crippen molar-refractivity contribution in [2.24, 2.45) is 11.8 Å². The molecular weight excluding hydrogens is 424 g/mol. The van der Waals surface area contributed by atoms with Crippen LogP contribution in [0.3, 0.4) is 0 Å². The maximum Gasteiger partial charge on any atom is 0.226 e. The van der Waals surface area contributed by atoms with E-state index in [-0.39, 0.29) is 0 Å². The first kappa shape index (κ1) is 25.5. The number of nitrogens with zero attached hydrogens (tertiary/aromatic N) is 3. The zero-order valence-corrected chi connectivity index (χ0v) is 21.3. The molecule has 192 valence electrons. The third kappa shape index (κ3) is 8.24. The molecule has 4 rings (SSSR count). The molecule has 1 saturated heterocycles. The van der Waals surface area contributed by atoms with Crippen LogP contribution < -0.4 is 31.9 Å². The molecule has 1 aromatic heterocycles. The molecule has 0 aromatic carbocycles. The highest BCUT2D eigenvalue weighted by molar-refractivity contribution is 5.52. The van der Waals surface area contributed by atoms with Crippen molar-refractivity contribution in [1.29, 1.82) is 0 Å². The maximum atomic E-state index is 6.10. The van der Waals surface area contributed by atoms with E-state index in [1.165, 1.54) is 70.8 Å². The van der Waals surface area contributed by atoms with Gasteiger partial charge >= 0.3 is 0 Å². The van der Waals surface area contributed by atoms with Crippen LogP contribution in [0.5, 0.6) is 0 Å². The minimum atomic E-state index is 0.462. The maximum absolute atomic E-state index is 6.10. The molecule has 8 heteroatoms. The van der Waals surface area contributed by atoms with Gasteiger partial charge in [-0.25, -0.2) is 0 Å². The number of hydrogen-bond acceptors (Lipinski definition) is 8. The van der Waals surface area contributed by atoms with Crippen molar-refractivity contribution in [3.05, 3.63) is 6.07 Å². The van der Waals surface area contributed by atoms with Crippen molar-refractivity contribution in [1.82, 2.24) is 25.9 Å². The Bertz CT molecular complexity index is 715. The lowest BCUT2D eigenvalue weighted by Gasteiger charge is -2.33. The van der Waals surface area contributed by atoms with Gasteiger partial charge in [-0.1, -0.05) is 19.3 Å². The fraction of sp³-hybridized carbons (Fsp3) is 0.846. The second-order valence-corrected chi connectivity index (χ2v) is 10.9. The van der Waals surface area contributed by atoms with E-state index in [1.54, 1.807) is 0 Å². The molecule has 0 radical (unpaired) electrons. The third-order valence-corrected chi connectivity index (χ3v) is 7.94. The molecule has 8 nitrogen and oxygen atoms in total. The summed E-state index contributed by atoms with van der Waals surface area (Å²) in [6.07, 6.45) is 13.5. The molecule has 2 saturated carbocycles. The average molecular weight is 473 g/mol. The number of hydrogen-bond donors (Lipinski definition) is 5. The third-order valence-electron chi connectivity index (χ3n) is 7.94. The number of rotatable bonds is 11. The highest BCUT2D eigenvalue weighted by atomic mass is 15.3. The summed E-state index contributed by atoms with van der Waals surface area (Å²) in [5.74, 6) is 3.68. The predicted octanol–water partition coefficient (Wildman–Crippen LogP) is 2.98. The van der Waals surface area contributed by atoms with Crippen LogP contribution in [0.1, 0.15) is 71.1 Å². The summed E-state index contributed by atoms with van der Waals surface area (Å²) in [7, 11) is 0. The van der Waals surface area contributed by atoms with Crippen LogP contribution in [-0.4, -0.2) is 67.9 Å². The van der Waals surface area contributed by atoms with E-state index >= 15 is 0 Å². The average Bonchev–Trinajstić information content (AvgIpc) is 2.86. The second kappa shape index (κ2) is 13.4. The standard InChI is InChI=1S/C26H48N8/c1-20-19-34(15-14-29-20)25-16-24(27)32-26(33-25)31-18-22-10-8-21(9-11-22)17-28-12-5-13-30-23-6-3-2-4-7-23/h16,20-23,28-30H,2-15,17-19H2,1H3,(H3,27,31,32,33)/t20-,21-,22-/m1/s1. The Hall–Kier alpha value is -1.64. The monoisotopic (exact) mass is 472 g/mol. The first-order valence-electron chi connectivity index (χ1n) is 14.0. The Morgan fingerprint density at radius 3 is 2.53 bits per heavy atom. The van der Waals surface area contributed by atoms with E-state index < -0.39 is 0 Å². The first-order valence-corrected chi connectivity index (χ1v) is 14.0. The van der Waals surface area contributed by atoms with E-state index in [4.69, 9.17) is 10.7 Å². The summed E-state index contributed by atoms with van der Waals surface area (Å²) in [5, 5.41) is 14.4. The summed E-state index contributed by atoms with van der Waals surface area (Å²) < 4.78 is 0. The summed E-state index contributed by atoms with van der Waals surface area (Å²) in [5.41, 5.74) is 6.10. The molecule has 3 aliphatic rings. The number of aromatic nitrogens is 2. The molecule has 0 amide bonds. The number of anilines is 3. The van der Waals surface area contributed by atoms with Crippen LogP contribution in [0.25, 0.3) is 0 Å². The molecule has 3 fully saturated rings. The van der Waals surface area contributed by atoms with Crippen LogP contribution in [-0.2, 0) is 0 Å². The van der Waals surface area contributed by atoms with E-state index in [0.717, 1.165) is 57.0 Å². The quantitative estimate of drug-likeness (QED) is 0.313. The smallest absolute Gasteiger partial charge is 0.226 e. The zero-order valence-electron chi connectivity index (χ0n) is 21.3. The summed E-state index contributed by atoms with van der Waals surface area (Å²) >= 11 is 0. The molecule has 0 bridgehead atoms. The molecule has 34 heavy (non-hydrogen) atoms. The highest BCUT2D eigenvalue weighted by Gasteiger charge is 2.22. The Morgan fingerprint density at radius 2 is 1.76 bits per heavy atom. The number of nitrogens with two attached hydrogens (primary N) is 1. The van der Waals surface area contributed by atoms with Crippen molar-refractivity contribution in [2.75, 3.05) is 61.8 Å². The fourth-order valence-electron chi connectivity index (χ4n) is 5.84. The minimum Gasteiger partial charge on any atom is -0.383 e. The highest BCUT2D eigenvalue weighted by Crippen LogP contribution is 2.29. The first-order chi connectivity index (χ1) is 16.7. The molecule has 1 aliphatic heterocycles. The van der Waals surface area contributed by atoms with Gasteiger partial charge < -0.3 is 31.9 Å². The van der Waals surface area contributed by atoms with Gasteiger partial charge in [0.05, 0.1) is 0 Å². The van der Waals surface area contributed by atoms with Crippen molar-refractivity contribution in [2.45, 2.75) is 83.2 Å². The van der Waals surface area contributed by atoms with E-state index in [9.17, 15) is 0 Å². The van der Waals surface area contributed by atoms with Crippen molar-refractivity contribution < 1.29 is 0 Å². The summed E-state index contributed by atoms with van der Waals surface area (Å²) in [4.78, 5) is 11.5. The molecule has 6 N–H and O–H groups in total. The number of piperazine rings is 1. The van der Waals surface area contributed by atoms with Gasteiger partial charge in [-0.15, -0.1) is 0 Å². The van der Waals surface area contributed by atoms with Gasteiger partial charge in [-0.3, -0.25) is 0 Å². The summed E-state index contributed by atoms with van der Waals surface area (Å²) in [6, 6.07) is 3.14. The van der Waals surface area contributed by atoms with Gasteiger partial charge in [-0.05, 0) is 83.3 Å². The van der Waals surface area contributed by atoms with Gasteiger partial charge in [0.1, 0.15) is 11.6 Å². The molecule has 1 aromatic rings. The molecule has 1 atom stereocenters. The lowest BCUT2D eigenvalue weighted by atomic mass is 9.82. The van der Waals surface area contributed by atoms with Gasteiger partial charge in [0.2, 0.25) is 5.95 Å². The molecule has 2 heterocycles. The van der Waals surface area contributed by atoms with Crippen molar-refractivity contribution >= 4 is 17.6 Å². The van der Waals surface area contributed by atoms with Gasteiger partial charge in [0.25, 0.3) is 0 Å². The van der Waals surface area contributed by atoms with Crippen LogP contribution in [0, 0.1) is 11.8 Å². The number of nitrogen functional groups attached to an aromatic ring is 1. The lowest BCUT2D eigenvalue weighted by molar-refractivity contribution is 0.275. The second-order valence-electron chi connectivity index (χ2n) is 10.9. The van der Waals surface area contributed by atoms with Crippen LogP contribution in [0.2, 0.25) is 0 Å². The minimum absolute atomic E-state index is 0.462. The Kier molecular flexibility index (Phi) is 10.1. The summed E-state index contributed by atoms with van der Waals surface area (Å²) in [6.45, 7) is 9.50. The van der Waals surface area contributed by atoms with Gasteiger partial charge in [0.15, 0.2) is 0 Å². The van der Waals surface area contributed by atoms with Crippen molar-refractivity contribution in [3.8, 4) is 0 Å². The predicted molar refractivity (Wildman–Crippen MR) is 142 cm³/mol. The van der Waals surface area contributed by atoms with Gasteiger partial charge in [0, 0.05) is 44.3 Å². The normalized spacial score (nSPS) is 26.5. The molecular formula is C26H48N8. The SMILES string of the molecule is C[C@@H]1CN(c2cc(N)nc(NC[C@H]3CC[C@H](CNCCCNC4CCCCC4)CC3)n2)CCN1.